The minimum absolute atomic E-state index is 0.213. The third-order valence-electron chi connectivity index (χ3n) is 8.83. The van der Waals surface area contributed by atoms with Crippen molar-refractivity contribution >= 4 is 17.9 Å². The van der Waals surface area contributed by atoms with E-state index in [1.54, 1.807) is 20.8 Å². The number of rotatable bonds is 17. The molecule has 8 atom stereocenters. The maximum atomic E-state index is 13.3. The smallest absolute Gasteiger partial charge is 0.337 e. The topological polar surface area (TPSA) is 132 Å². The van der Waals surface area contributed by atoms with Gasteiger partial charge in [-0.1, -0.05) is 101 Å². The van der Waals surface area contributed by atoms with E-state index in [1.807, 2.05) is 41.5 Å². The van der Waals surface area contributed by atoms with Crippen molar-refractivity contribution in [1.29, 1.82) is 0 Å². The van der Waals surface area contributed by atoms with E-state index in [0.29, 0.717) is 19.3 Å². The lowest BCUT2D eigenvalue weighted by Gasteiger charge is -2.54. The molecule has 0 heterocycles. The normalized spacial score (nSPS) is 21.7. The third-order valence-corrected chi connectivity index (χ3v) is 8.83. The molecule has 0 saturated carbocycles. The van der Waals surface area contributed by atoms with Crippen LogP contribution in [0.4, 0.5) is 0 Å². The van der Waals surface area contributed by atoms with Crippen LogP contribution in [0.15, 0.2) is 0 Å². The second kappa shape index (κ2) is 13.5. The van der Waals surface area contributed by atoms with Gasteiger partial charge in [-0.2, -0.15) is 0 Å². The van der Waals surface area contributed by atoms with Crippen LogP contribution in [-0.4, -0.2) is 43.9 Å². The summed E-state index contributed by atoms with van der Waals surface area (Å²) >= 11 is 0. The Hall–Kier alpha value is -1.63. The zero-order valence-corrected chi connectivity index (χ0v) is 22.8. The summed E-state index contributed by atoms with van der Waals surface area (Å²) in [4.78, 5) is 39.0. The van der Waals surface area contributed by atoms with Crippen LogP contribution < -0.4 is 0 Å². The number of hydrogen-bond acceptors (Lipinski definition) is 4. The summed E-state index contributed by atoms with van der Waals surface area (Å²) in [5.74, 6) is -9.47. The molecule has 0 aliphatic carbocycles. The van der Waals surface area contributed by atoms with Crippen LogP contribution in [0.5, 0.6) is 0 Å². The second-order valence-corrected chi connectivity index (χ2v) is 10.8. The van der Waals surface area contributed by atoms with Gasteiger partial charge in [-0.3, -0.25) is 9.59 Å². The van der Waals surface area contributed by atoms with Gasteiger partial charge in [0.2, 0.25) is 0 Å². The standard InChI is InChI=1S/C27H50O7/c1-10-13-16(4)19(7)22(23(28)29)27(34,25(32)33)26(24(30)31,20(8)17(5)14-11-2)21(9)18(6)15-12-3/h16-22,34H,10-15H2,1-9H3,(H,28,29)(H,30,31)(H,32,33). The van der Waals surface area contributed by atoms with Gasteiger partial charge < -0.3 is 20.4 Å². The summed E-state index contributed by atoms with van der Waals surface area (Å²) in [7, 11) is 0. The van der Waals surface area contributed by atoms with Crippen LogP contribution in [0.1, 0.15) is 101 Å². The molecule has 200 valence electrons. The molecule has 0 aromatic heterocycles. The van der Waals surface area contributed by atoms with Crippen molar-refractivity contribution in [1.82, 2.24) is 0 Å². The molecule has 0 rings (SSSR count). The molecule has 4 N–H and O–H groups in total. The first kappa shape index (κ1) is 32.4. The molecular weight excluding hydrogens is 436 g/mol. The highest BCUT2D eigenvalue weighted by molar-refractivity contribution is 5.94. The molecule has 7 heteroatoms. The fraction of sp³-hybridized carbons (Fsp3) is 0.889. The number of aliphatic hydroxyl groups is 1. The Morgan fingerprint density at radius 1 is 0.647 bits per heavy atom. The van der Waals surface area contributed by atoms with Gasteiger partial charge in [0, 0.05) is 0 Å². The lowest BCUT2D eigenvalue weighted by molar-refractivity contribution is -0.232. The first-order chi connectivity index (χ1) is 15.6. The monoisotopic (exact) mass is 486 g/mol. The fourth-order valence-electron chi connectivity index (χ4n) is 6.37. The third kappa shape index (κ3) is 5.95. The molecule has 34 heavy (non-hydrogen) atoms. The van der Waals surface area contributed by atoms with E-state index in [4.69, 9.17) is 0 Å². The lowest BCUT2D eigenvalue weighted by atomic mass is 9.48. The average molecular weight is 487 g/mol. The molecule has 0 amide bonds. The van der Waals surface area contributed by atoms with E-state index in [-0.39, 0.29) is 17.8 Å². The summed E-state index contributed by atoms with van der Waals surface area (Å²) in [5.41, 5.74) is -5.21. The predicted octanol–water partition coefficient (Wildman–Crippen LogP) is 5.79. The van der Waals surface area contributed by atoms with Crippen molar-refractivity contribution in [2.75, 3.05) is 0 Å². The minimum Gasteiger partial charge on any atom is -0.481 e. The van der Waals surface area contributed by atoms with Crippen LogP contribution in [0, 0.1) is 46.8 Å². The molecule has 0 fully saturated rings. The summed E-state index contributed by atoms with van der Waals surface area (Å²) < 4.78 is 0. The van der Waals surface area contributed by atoms with Gasteiger partial charge >= 0.3 is 17.9 Å². The molecule has 0 aromatic carbocycles. The molecule has 0 radical (unpaired) electrons. The van der Waals surface area contributed by atoms with Gasteiger partial charge in [-0.05, 0) is 35.5 Å². The molecule has 0 saturated heterocycles. The van der Waals surface area contributed by atoms with E-state index < -0.39 is 52.6 Å². The fourth-order valence-corrected chi connectivity index (χ4v) is 6.37. The SMILES string of the molecule is CCCC(C)C(C)C(C(=O)O)C(O)(C(=O)O)C(C(=O)O)(C(C)C(C)CCC)C(C)C(C)CCC. The minimum atomic E-state index is -3.01. The first-order valence-corrected chi connectivity index (χ1v) is 13.1. The van der Waals surface area contributed by atoms with Gasteiger partial charge in [-0.25, -0.2) is 4.79 Å². The molecule has 8 unspecified atom stereocenters. The van der Waals surface area contributed by atoms with Crippen LogP contribution in [0.2, 0.25) is 0 Å². The molecule has 0 aliphatic heterocycles. The number of carboxylic acids is 3. The van der Waals surface area contributed by atoms with Crippen molar-refractivity contribution in [2.45, 2.75) is 106 Å². The van der Waals surface area contributed by atoms with E-state index >= 15 is 0 Å². The first-order valence-electron chi connectivity index (χ1n) is 13.1. The zero-order valence-electron chi connectivity index (χ0n) is 22.8. The summed E-state index contributed by atoms with van der Waals surface area (Å²) in [6.07, 6.45) is 4.21. The molecule has 0 bridgehead atoms. The van der Waals surface area contributed by atoms with E-state index in [2.05, 4.69) is 0 Å². The van der Waals surface area contributed by atoms with E-state index in [9.17, 15) is 34.8 Å². The summed E-state index contributed by atoms with van der Waals surface area (Å²) in [5, 5.41) is 43.9. The van der Waals surface area contributed by atoms with Crippen LogP contribution in [0.25, 0.3) is 0 Å². The van der Waals surface area contributed by atoms with Crippen molar-refractivity contribution < 1.29 is 34.8 Å². The zero-order chi connectivity index (χ0) is 27.0. The Morgan fingerprint density at radius 2 is 1.00 bits per heavy atom. The van der Waals surface area contributed by atoms with E-state index in [1.165, 1.54) is 0 Å². The van der Waals surface area contributed by atoms with Gasteiger partial charge in [0.1, 0.15) is 11.3 Å². The summed E-state index contributed by atoms with van der Waals surface area (Å²) in [6, 6.07) is 0. The maximum Gasteiger partial charge on any atom is 0.337 e. The molecule has 0 aromatic rings. The number of carboxylic acid groups (broad SMARTS) is 3. The maximum absolute atomic E-state index is 13.3. The predicted molar refractivity (Wildman–Crippen MR) is 133 cm³/mol. The Bertz CT molecular complexity index is 658. The molecule has 0 aliphatic rings. The average Bonchev–Trinajstić information content (AvgIpc) is 2.73. The summed E-state index contributed by atoms with van der Waals surface area (Å²) in [6.45, 7) is 16.4. The lowest BCUT2D eigenvalue weighted by Crippen LogP contribution is -2.71. The number of carbonyl (C=O) groups is 3. The number of aliphatic carboxylic acids is 3. The van der Waals surface area contributed by atoms with E-state index in [0.717, 1.165) is 19.3 Å². The van der Waals surface area contributed by atoms with Crippen molar-refractivity contribution in [3.8, 4) is 0 Å². The second-order valence-electron chi connectivity index (χ2n) is 10.8. The Kier molecular flexibility index (Phi) is 12.8. The highest BCUT2D eigenvalue weighted by atomic mass is 16.4. The largest absolute Gasteiger partial charge is 0.481 e. The highest BCUT2D eigenvalue weighted by Gasteiger charge is 2.72. The van der Waals surface area contributed by atoms with Gasteiger partial charge in [0.05, 0.1) is 0 Å². The van der Waals surface area contributed by atoms with Crippen LogP contribution in [0.3, 0.4) is 0 Å². The van der Waals surface area contributed by atoms with Crippen LogP contribution >= 0.6 is 0 Å². The highest BCUT2D eigenvalue weighted by Crippen LogP contribution is 2.56. The quantitative estimate of drug-likeness (QED) is 0.204. The molecular formula is C27H50O7. The molecule has 0 spiro atoms. The van der Waals surface area contributed by atoms with Crippen LogP contribution in [-0.2, 0) is 14.4 Å². The van der Waals surface area contributed by atoms with Gasteiger partial charge in [0.25, 0.3) is 0 Å². The van der Waals surface area contributed by atoms with Crippen molar-refractivity contribution in [3.63, 3.8) is 0 Å². The van der Waals surface area contributed by atoms with Crippen molar-refractivity contribution in [2.24, 2.45) is 46.8 Å². The van der Waals surface area contributed by atoms with Crippen molar-refractivity contribution in [3.05, 3.63) is 0 Å². The van der Waals surface area contributed by atoms with Gasteiger partial charge in [0.15, 0.2) is 5.60 Å². The Labute approximate surface area is 206 Å². The van der Waals surface area contributed by atoms with Gasteiger partial charge in [-0.15, -0.1) is 0 Å². The molecule has 7 nitrogen and oxygen atoms in total. The Balaban J connectivity index is 7.53. The number of hydrogen-bond donors (Lipinski definition) is 4. The Morgan fingerprint density at radius 3 is 1.26 bits per heavy atom.